The van der Waals surface area contributed by atoms with Gasteiger partial charge in [-0.25, -0.2) is 22.4 Å². The standard InChI is InChI=1S/C16H17F4NO5/c1-4-26-16(23)9(6-21-7-11(24-2)25-3)15(22)8-5-10(17)13(19)14(20)12(8)18/h5-6,11,22H,4,7H2,1-3H3. The first-order chi connectivity index (χ1) is 12.3. The van der Waals surface area contributed by atoms with E-state index in [9.17, 15) is 27.5 Å². The second kappa shape index (κ2) is 9.88. The zero-order valence-electron chi connectivity index (χ0n) is 14.2. The lowest BCUT2D eigenvalue weighted by Crippen LogP contribution is -2.18. The van der Waals surface area contributed by atoms with Gasteiger partial charge in [-0.2, -0.15) is 0 Å². The Labute approximate surface area is 146 Å². The molecule has 0 aliphatic heterocycles. The molecule has 6 nitrogen and oxygen atoms in total. The summed E-state index contributed by atoms with van der Waals surface area (Å²) in [5.41, 5.74) is -1.76. The molecule has 0 aliphatic rings. The minimum absolute atomic E-state index is 0.100. The van der Waals surface area contributed by atoms with Crippen LogP contribution in [0, 0.1) is 23.3 Å². The zero-order valence-corrected chi connectivity index (χ0v) is 14.2. The van der Waals surface area contributed by atoms with Gasteiger partial charge < -0.3 is 19.3 Å². The molecule has 1 aromatic carbocycles. The molecule has 0 saturated heterocycles. The molecule has 1 aromatic rings. The van der Waals surface area contributed by atoms with E-state index >= 15 is 0 Å². The average Bonchev–Trinajstić information content (AvgIpc) is 2.62. The molecule has 0 amide bonds. The lowest BCUT2D eigenvalue weighted by Gasteiger charge is -2.11. The van der Waals surface area contributed by atoms with Crippen LogP contribution in [-0.2, 0) is 19.0 Å². The van der Waals surface area contributed by atoms with Crippen LogP contribution >= 0.6 is 0 Å². The van der Waals surface area contributed by atoms with Crippen molar-refractivity contribution in [2.75, 3.05) is 27.4 Å². The third-order valence-corrected chi connectivity index (χ3v) is 3.11. The molecule has 0 bridgehead atoms. The fourth-order valence-electron chi connectivity index (χ4n) is 1.78. The molecule has 0 saturated carbocycles. The van der Waals surface area contributed by atoms with Crippen molar-refractivity contribution in [2.24, 2.45) is 4.99 Å². The van der Waals surface area contributed by atoms with Crippen molar-refractivity contribution < 1.29 is 41.7 Å². The molecule has 26 heavy (non-hydrogen) atoms. The van der Waals surface area contributed by atoms with Crippen molar-refractivity contribution in [3.05, 3.63) is 40.5 Å². The van der Waals surface area contributed by atoms with Gasteiger partial charge in [0.15, 0.2) is 29.6 Å². The minimum Gasteiger partial charge on any atom is -0.506 e. The van der Waals surface area contributed by atoms with E-state index in [1.807, 2.05) is 0 Å². The Morgan fingerprint density at radius 2 is 1.81 bits per heavy atom. The van der Waals surface area contributed by atoms with Gasteiger partial charge in [-0.15, -0.1) is 0 Å². The van der Waals surface area contributed by atoms with Gasteiger partial charge in [0.25, 0.3) is 0 Å². The van der Waals surface area contributed by atoms with Gasteiger partial charge >= 0.3 is 5.97 Å². The smallest absolute Gasteiger partial charge is 0.343 e. The Kier molecular flexibility index (Phi) is 8.20. The van der Waals surface area contributed by atoms with Gasteiger partial charge in [0.05, 0.1) is 18.7 Å². The second-order valence-electron chi connectivity index (χ2n) is 4.73. The Morgan fingerprint density at radius 3 is 2.35 bits per heavy atom. The van der Waals surface area contributed by atoms with Crippen molar-refractivity contribution in [1.82, 2.24) is 0 Å². The maximum absolute atomic E-state index is 13.8. The highest BCUT2D eigenvalue weighted by atomic mass is 19.2. The number of halogens is 4. The Morgan fingerprint density at radius 1 is 1.19 bits per heavy atom. The van der Waals surface area contributed by atoms with Crippen LogP contribution in [0.4, 0.5) is 17.6 Å². The van der Waals surface area contributed by atoms with Crippen LogP contribution < -0.4 is 0 Å². The van der Waals surface area contributed by atoms with Gasteiger partial charge in [0, 0.05) is 20.4 Å². The Bertz CT molecular complexity index is 717. The van der Waals surface area contributed by atoms with Crippen LogP contribution in [0.1, 0.15) is 12.5 Å². The summed E-state index contributed by atoms with van der Waals surface area (Å²) in [5.74, 6) is -10.1. The van der Waals surface area contributed by atoms with E-state index in [2.05, 4.69) is 9.73 Å². The van der Waals surface area contributed by atoms with Crippen LogP contribution in [-0.4, -0.2) is 51.0 Å². The maximum Gasteiger partial charge on any atom is 0.343 e. The highest BCUT2D eigenvalue weighted by Gasteiger charge is 2.25. The van der Waals surface area contributed by atoms with E-state index in [4.69, 9.17) is 9.47 Å². The van der Waals surface area contributed by atoms with Gasteiger partial charge in [0.1, 0.15) is 11.3 Å². The molecule has 0 unspecified atom stereocenters. The topological polar surface area (TPSA) is 77.4 Å². The molecule has 0 atom stereocenters. The summed E-state index contributed by atoms with van der Waals surface area (Å²) in [7, 11) is 2.67. The van der Waals surface area contributed by atoms with Crippen molar-refractivity contribution in [1.29, 1.82) is 0 Å². The van der Waals surface area contributed by atoms with Gasteiger partial charge in [-0.05, 0) is 13.0 Å². The average molecular weight is 379 g/mol. The molecule has 0 radical (unpaired) electrons. The molecule has 0 fully saturated rings. The van der Waals surface area contributed by atoms with E-state index in [0.717, 1.165) is 6.21 Å². The maximum atomic E-state index is 13.8. The summed E-state index contributed by atoms with van der Waals surface area (Å²) in [4.78, 5) is 15.7. The normalized spacial score (nSPS) is 12.6. The fourth-order valence-corrected chi connectivity index (χ4v) is 1.78. The van der Waals surface area contributed by atoms with Crippen LogP contribution in [0.15, 0.2) is 16.6 Å². The third-order valence-electron chi connectivity index (χ3n) is 3.11. The highest BCUT2D eigenvalue weighted by molar-refractivity contribution is 6.15. The van der Waals surface area contributed by atoms with Crippen LogP contribution in [0.25, 0.3) is 5.76 Å². The van der Waals surface area contributed by atoms with Gasteiger partial charge in [-0.1, -0.05) is 0 Å². The number of aliphatic imine (C=N–C) groups is 1. The minimum atomic E-state index is -2.13. The van der Waals surface area contributed by atoms with Crippen LogP contribution in [0.5, 0.6) is 0 Å². The Hall–Kier alpha value is -2.46. The number of methoxy groups -OCH3 is 2. The molecule has 1 rings (SSSR count). The van der Waals surface area contributed by atoms with E-state index in [0.29, 0.717) is 0 Å². The number of hydrogen-bond acceptors (Lipinski definition) is 6. The molecule has 0 aromatic heterocycles. The summed E-state index contributed by atoms with van der Waals surface area (Å²) in [5, 5.41) is 10.1. The number of ether oxygens (including phenoxy) is 3. The number of aliphatic hydroxyl groups is 1. The van der Waals surface area contributed by atoms with E-state index in [1.54, 1.807) is 0 Å². The first-order valence-corrected chi connectivity index (χ1v) is 7.27. The molecule has 1 N–H and O–H groups in total. The summed E-state index contributed by atoms with van der Waals surface area (Å²) >= 11 is 0. The first kappa shape index (κ1) is 21.6. The molecule has 0 heterocycles. The quantitative estimate of drug-likeness (QED) is 0.110. The van der Waals surface area contributed by atoms with Crippen molar-refractivity contribution in [3.63, 3.8) is 0 Å². The van der Waals surface area contributed by atoms with Gasteiger partial charge in [-0.3, -0.25) is 4.99 Å². The fraction of sp³-hybridized carbons (Fsp3) is 0.375. The predicted molar refractivity (Wildman–Crippen MR) is 83.6 cm³/mol. The molecule has 144 valence electrons. The number of carbonyl (C=O) groups excluding carboxylic acids is 1. The van der Waals surface area contributed by atoms with E-state index in [-0.39, 0.29) is 19.2 Å². The highest BCUT2D eigenvalue weighted by Crippen LogP contribution is 2.25. The van der Waals surface area contributed by atoms with Crippen molar-refractivity contribution in [2.45, 2.75) is 13.2 Å². The predicted octanol–water partition coefficient (Wildman–Crippen LogP) is 2.76. The van der Waals surface area contributed by atoms with Crippen LogP contribution in [0.2, 0.25) is 0 Å². The zero-order chi connectivity index (χ0) is 19.9. The SMILES string of the molecule is CCOC(=O)C(C=NCC(OC)OC)=C(O)c1cc(F)c(F)c(F)c1F. The number of rotatable bonds is 8. The summed E-state index contributed by atoms with van der Waals surface area (Å²) < 4.78 is 68.0. The molecule has 10 heteroatoms. The van der Waals surface area contributed by atoms with Gasteiger partial charge in [0.2, 0.25) is 0 Å². The van der Waals surface area contributed by atoms with Crippen molar-refractivity contribution >= 4 is 17.9 Å². The summed E-state index contributed by atoms with van der Waals surface area (Å²) in [6.07, 6.45) is 0.0334. The number of benzene rings is 1. The number of carbonyl (C=O) groups is 1. The number of aliphatic hydroxyl groups excluding tert-OH is 1. The molecular weight excluding hydrogens is 362 g/mol. The van der Waals surface area contributed by atoms with Crippen LogP contribution in [0.3, 0.4) is 0 Å². The monoisotopic (exact) mass is 379 g/mol. The molecular formula is C16H17F4NO5. The largest absolute Gasteiger partial charge is 0.506 e. The summed E-state index contributed by atoms with van der Waals surface area (Å²) in [6.45, 7) is 1.25. The molecule has 0 aliphatic carbocycles. The third kappa shape index (κ3) is 5.02. The second-order valence-corrected chi connectivity index (χ2v) is 4.73. The lowest BCUT2D eigenvalue weighted by atomic mass is 10.1. The number of nitrogens with zero attached hydrogens (tertiary/aromatic N) is 1. The number of hydrogen-bond donors (Lipinski definition) is 1. The van der Waals surface area contributed by atoms with Crippen molar-refractivity contribution in [3.8, 4) is 0 Å². The number of esters is 1. The first-order valence-electron chi connectivity index (χ1n) is 7.27. The lowest BCUT2D eigenvalue weighted by molar-refractivity contribution is -0.137. The van der Waals surface area contributed by atoms with E-state index in [1.165, 1.54) is 21.1 Å². The molecule has 0 spiro atoms. The van der Waals surface area contributed by atoms with E-state index < -0.39 is 52.4 Å². The Balaban J connectivity index is 3.40. The summed E-state index contributed by atoms with van der Waals surface area (Å²) in [6, 6.07) is 0.212.